The summed E-state index contributed by atoms with van der Waals surface area (Å²) in [5.41, 5.74) is 1.53. The molecule has 0 saturated carbocycles. The van der Waals surface area contributed by atoms with Crippen molar-refractivity contribution in [1.29, 1.82) is 0 Å². The highest BCUT2D eigenvalue weighted by atomic mass is 16.4. The molecule has 0 aliphatic heterocycles. The number of carbonyl (C=O) groups is 1. The molecule has 0 aliphatic rings. The van der Waals surface area contributed by atoms with E-state index in [0.717, 1.165) is 5.69 Å². The van der Waals surface area contributed by atoms with Gasteiger partial charge in [0.25, 0.3) is 0 Å². The first-order valence-electron chi connectivity index (χ1n) is 7.08. The minimum atomic E-state index is -1.04. The minimum absolute atomic E-state index is 0.0343. The van der Waals surface area contributed by atoms with Crippen molar-refractivity contribution in [3.63, 3.8) is 0 Å². The molecule has 0 aromatic carbocycles. The fourth-order valence-electron chi connectivity index (χ4n) is 2.12. The van der Waals surface area contributed by atoms with E-state index in [-0.39, 0.29) is 5.69 Å². The van der Waals surface area contributed by atoms with Gasteiger partial charge in [-0.25, -0.2) is 9.48 Å². The predicted octanol–water partition coefficient (Wildman–Crippen LogP) is 2.00. The monoisotopic (exact) mass is 291 g/mol. The lowest BCUT2D eigenvalue weighted by molar-refractivity contribution is 0.0689. The quantitative estimate of drug-likeness (QED) is 0.879. The van der Waals surface area contributed by atoms with E-state index in [1.54, 1.807) is 4.68 Å². The lowest BCUT2D eigenvalue weighted by Crippen LogP contribution is -2.12. The molecule has 7 nitrogen and oxygen atoms in total. The molecule has 0 bridgehead atoms. The molecular weight excluding hydrogens is 270 g/mol. The SMILES string of the molecule is CC(C)Cc1c(C(=O)O)nnn1Cc1ccn(C(C)C)n1. The van der Waals surface area contributed by atoms with Gasteiger partial charge in [0.05, 0.1) is 17.9 Å². The molecule has 0 amide bonds. The zero-order chi connectivity index (χ0) is 15.6. The Morgan fingerprint density at radius 3 is 2.57 bits per heavy atom. The summed E-state index contributed by atoms with van der Waals surface area (Å²) in [5, 5.41) is 21.4. The average molecular weight is 291 g/mol. The van der Waals surface area contributed by atoms with Crippen molar-refractivity contribution in [3.8, 4) is 0 Å². The van der Waals surface area contributed by atoms with E-state index in [4.69, 9.17) is 0 Å². The zero-order valence-corrected chi connectivity index (χ0v) is 12.8. The van der Waals surface area contributed by atoms with Gasteiger partial charge in [0.15, 0.2) is 5.69 Å². The molecule has 0 spiro atoms. The summed E-state index contributed by atoms with van der Waals surface area (Å²) in [5.74, 6) is -0.710. The van der Waals surface area contributed by atoms with Gasteiger partial charge in [0.2, 0.25) is 0 Å². The van der Waals surface area contributed by atoms with Crippen LogP contribution >= 0.6 is 0 Å². The fraction of sp³-hybridized carbons (Fsp3) is 0.571. The van der Waals surface area contributed by atoms with Crippen LogP contribution in [0.15, 0.2) is 12.3 Å². The van der Waals surface area contributed by atoms with Crippen LogP contribution in [0.5, 0.6) is 0 Å². The Morgan fingerprint density at radius 2 is 2.05 bits per heavy atom. The largest absolute Gasteiger partial charge is 0.476 e. The summed E-state index contributed by atoms with van der Waals surface area (Å²) >= 11 is 0. The van der Waals surface area contributed by atoms with Crippen LogP contribution in [0.3, 0.4) is 0 Å². The molecule has 2 aromatic rings. The molecule has 21 heavy (non-hydrogen) atoms. The van der Waals surface area contributed by atoms with Gasteiger partial charge < -0.3 is 5.11 Å². The van der Waals surface area contributed by atoms with Crippen LogP contribution in [0.1, 0.15) is 55.6 Å². The molecular formula is C14H21N5O2. The summed E-state index contributed by atoms with van der Waals surface area (Å²) < 4.78 is 3.50. The second-order valence-corrected chi connectivity index (χ2v) is 5.83. The van der Waals surface area contributed by atoms with Gasteiger partial charge in [-0.3, -0.25) is 4.68 Å². The molecule has 2 aromatic heterocycles. The lowest BCUT2D eigenvalue weighted by Gasteiger charge is -2.08. The lowest BCUT2D eigenvalue weighted by atomic mass is 10.1. The number of aromatic carboxylic acids is 1. The van der Waals surface area contributed by atoms with Gasteiger partial charge in [0.1, 0.15) is 0 Å². The van der Waals surface area contributed by atoms with E-state index in [1.807, 2.05) is 30.8 Å². The van der Waals surface area contributed by atoms with E-state index >= 15 is 0 Å². The third kappa shape index (κ3) is 3.48. The first-order chi connectivity index (χ1) is 9.88. The van der Waals surface area contributed by atoms with Gasteiger partial charge in [-0.15, -0.1) is 5.10 Å². The highest BCUT2D eigenvalue weighted by Gasteiger charge is 2.20. The van der Waals surface area contributed by atoms with E-state index < -0.39 is 5.97 Å². The van der Waals surface area contributed by atoms with Crippen LogP contribution in [0, 0.1) is 5.92 Å². The zero-order valence-electron chi connectivity index (χ0n) is 12.8. The number of rotatable bonds is 6. The Morgan fingerprint density at radius 1 is 1.33 bits per heavy atom. The summed E-state index contributed by atoms with van der Waals surface area (Å²) in [6, 6.07) is 2.21. The van der Waals surface area contributed by atoms with Crippen molar-refractivity contribution >= 4 is 5.97 Å². The molecule has 0 atom stereocenters. The number of carboxylic acid groups (broad SMARTS) is 1. The third-order valence-corrected chi connectivity index (χ3v) is 3.15. The topological polar surface area (TPSA) is 85.8 Å². The molecule has 2 rings (SSSR count). The van der Waals surface area contributed by atoms with Gasteiger partial charge in [-0.05, 0) is 32.3 Å². The van der Waals surface area contributed by atoms with Gasteiger partial charge in [0, 0.05) is 12.2 Å². The number of carboxylic acids is 1. The van der Waals surface area contributed by atoms with Gasteiger partial charge in [-0.2, -0.15) is 5.10 Å². The highest BCUT2D eigenvalue weighted by molar-refractivity contribution is 5.86. The smallest absolute Gasteiger partial charge is 0.358 e. The normalized spacial score (nSPS) is 11.5. The van der Waals surface area contributed by atoms with Crippen LogP contribution in [0.25, 0.3) is 0 Å². The predicted molar refractivity (Wildman–Crippen MR) is 77.2 cm³/mol. The number of hydrogen-bond donors (Lipinski definition) is 1. The molecule has 0 unspecified atom stereocenters. The summed E-state index contributed by atoms with van der Waals surface area (Å²) in [6.45, 7) is 8.62. The first-order valence-corrected chi connectivity index (χ1v) is 7.08. The van der Waals surface area contributed by atoms with Crippen molar-refractivity contribution in [2.24, 2.45) is 5.92 Å². The molecule has 114 valence electrons. The van der Waals surface area contributed by atoms with Crippen LogP contribution in [0.4, 0.5) is 0 Å². The maximum atomic E-state index is 11.2. The second kappa shape index (κ2) is 6.07. The van der Waals surface area contributed by atoms with E-state index in [2.05, 4.69) is 29.3 Å². The number of hydrogen-bond acceptors (Lipinski definition) is 4. The molecule has 1 N–H and O–H groups in total. The van der Waals surface area contributed by atoms with Crippen molar-refractivity contribution in [3.05, 3.63) is 29.3 Å². The maximum Gasteiger partial charge on any atom is 0.358 e. The number of nitrogens with zero attached hydrogens (tertiary/aromatic N) is 5. The molecule has 2 heterocycles. The van der Waals surface area contributed by atoms with Crippen molar-refractivity contribution in [1.82, 2.24) is 24.8 Å². The molecule has 0 aliphatic carbocycles. The number of aromatic nitrogens is 5. The first kappa shape index (κ1) is 15.2. The van der Waals surface area contributed by atoms with Crippen molar-refractivity contribution < 1.29 is 9.90 Å². The molecule has 0 fully saturated rings. The molecule has 7 heteroatoms. The Hall–Kier alpha value is -2.18. The van der Waals surface area contributed by atoms with Gasteiger partial charge in [-0.1, -0.05) is 19.1 Å². The maximum absolute atomic E-state index is 11.2. The summed E-state index contributed by atoms with van der Waals surface area (Å²) in [6.07, 6.45) is 2.54. The Bertz CT molecular complexity index is 627. The highest BCUT2D eigenvalue weighted by Crippen LogP contribution is 2.14. The Labute approximate surface area is 123 Å². The van der Waals surface area contributed by atoms with Crippen LogP contribution in [0.2, 0.25) is 0 Å². The minimum Gasteiger partial charge on any atom is -0.476 e. The summed E-state index contributed by atoms with van der Waals surface area (Å²) in [4.78, 5) is 11.2. The van der Waals surface area contributed by atoms with E-state index in [1.165, 1.54) is 0 Å². The Balaban J connectivity index is 2.28. The van der Waals surface area contributed by atoms with Crippen LogP contribution in [-0.4, -0.2) is 35.9 Å². The Kier molecular flexibility index (Phi) is 4.40. The van der Waals surface area contributed by atoms with E-state index in [9.17, 15) is 9.90 Å². The van der Waals surface area contributed by atoms with Crippen molar-refractivity contribution in [2.45, 2.75) is 46.7 Å². The summed E-state index contributed by atoms with van der Waals surface area (Å²) in [7, 11) is 0. The van der Waals surface area contributed by atoms with Crippen molar-refractivity contribution in [2.75, 3.05) is 0 Å². The third-order valence-electron chi connectivity index (χ3n) is 3.15. The fourth-order valence-corrected chi connectivity index (χ4v) is 2.12. The van der Waals surface area contributed by atoms with E-state index in [0.29, 0.717) is 30.6 Å². The molecule has 0 radical (unpaired) electrons. The standard InChI is InChI=1S/C14H21N5O2/c1-9(2)7-12-13(14(20)21)15-17-19(12)8-11-5-6-18(16-11)10(3)4/h5-6,9-10H,7-8H2,1-4H3,(H,20,21). The second-order valence-electron chi connectivity index (χ2n) is 5.83. The average Bonchev–Trinajstić information content (AvgIpc) is 2.97. The van der Waals surface area contributed by atoms with Gasteiger partial charge >= 0.3 is 5.97 Å². The van der Waals surface area contributed by atoms with Crippen LogP contribution in [-0.2, 0) is 13.0 Å². The van der Waals surface area contributed by atoms with Crippen LogP contribution < -0.4 is 0 Å². The molecule has 0 saturated heterocycles.